The molecule has 1 rings (SSSR count). The number of oxime groups is 1. The van der Waals surface area contributed by atoms with Gasteiger partial charge in [-0.05, 0) is 17.2 Å². The highest BCUT2D eigenvalue weighted by molar-refractivity contribution is 6.31. The molecule has 0 heterocycles. The van der Waals surface area contributed by atoms with E-state index in [4.69, 9.17) is 16.8 Å². The number of hydrogen-bond donors (Lipinski definition) is 2. The van der Waals surface area contributed by atoms with E-state index in [1.54, 1.807) is 6.07 Å². The van der Waals surface area contributed by atoms with Crippen molar-refractivity contribution in [2.45, 2.75) is 13.0 Å². The highest BCUT2D eigenvalue weighted by Gasteiger charge is 2.04. The molecule has 0 saturated heterocycles. The van der Waals surface area contributed by atoms with E-state index in [0.717, 1.165) is 11.1 Å². The summed E-state index contributed by atoms with van der Waals surface area (Å²) >= 11 is 5.98. The van der Waals surface area contributed by atoms with E-state index in [2.05, 4.69) is 15.2 Å². The van der Waals surface area contributed by atoms with E-state index >= 15 is 0 Å². The Kier molecular flexibility index (Phi) is 5.29. The third-order valence-electron chi connectivity index (χ3n) is 2.13. The molecule has 0 aliphatic carbocycles. The number of carbonyl (C=O) groups excluding carboxylic acids is 1. The van der Waals surface area contributed by atoms with Gasteiger partial charge in [0, 0.05) is 24.2 Å². The second kappa shape index (κ2) is 6.75. The predicted octanol–water partition coefficient (Wildman–Crippen LogP) is 2.20. The molecule has 0 radical (unpaired) electrons. The van der Waals surface area contributed by atoms with Crippen LogP contribution in [0, 0.1) is 0 Å². The summed E-state index contributed by atoms with van der Waals surface area (Å²) in [5, 5.41) is 14.4. The van der Waals surface area contributed by atoms with Crippen LogP contribution in [-0.4, -0.2) is 24.6 Å². The fourth-order valence-corrected chi connectivity index (χ4v) is 1.46. The molecule has 17 heavy (non-hydrogen) atoms. The predicted molar refractivity (Wildman–Crippen MR) is 64.7 cm³/mol. The van der Waals surface area contributed by atoms with Crippen LogP contribution in [0.3, 0.4) is 0 Å². The van der Waals surface area contributed by atoms with Crippen molar-refractivity contribution in [3.05, 3.63) is 34.3 Å². The van der Waals surface area contributed by atoms with Crippen LogP contribution in [0.15, 0.2) is 23.4 Å². The number of halogens is 1. The Bertz CT molecular complexity index is 421. The minimum atomic E-state index is -0.511. The van der Waals surface area contributed by atoms with Crippen molar-refractivity contribution in [2.24, 2.45) is 5.16 Å². The van der Waals surface area contributed by atoms with Gasteiger partial charge in [0.15, 0.2) is 0 Å². The van der Waals surface area contributed by atoms with E-state index in [1.165, 1.54) is 13.3 Å². The number of nitrogens with one attached hydrogen (secondary N) is 1. The lowest BCUT2D eigenvalue weighted by molar-refractivity contribution is 0.170. The van der Waals surface area contributed by atoms with Crippen molar-refractivity contribution < 1.29 is 14.7 Å². The molecule has 1 aromatic rings. The molecule has 0 aliphatic heterocycles. The Morgan fingerprint density at radius 1 is 1.65 bits per heavy atom. The zero-order valence-electron chi connectivity index (χ0n) is 9.31. The highest BCUT2D eigenvalue weighted by atomic mass is 35.5. The summed E-state index contributed by atoms with van der Waals surface area (Å²) in [6.07, 6.45) is 1.36. The second-order valence-corrected chi connectivity index (χ2v) is 3.68. The van der Waals surface area contributed by atoms with Gasteiger partial charge in [-0.15, -0.1) is 5.16 Å². The van der Waals surface area contributed by atoms with Gasteiger partial charge in [0.2, 0.25) is 0 Å². The second-order valence-electron chi connectivity index (χ2n) is 3.27. The third-order valence-corrected chi connectivity index (χ3v) is 2.50. The maximum absolute atomic E-state index is 10.9. The lowest BCUT2D eigenvalue weighted by Crippen LogP contribution is -2.22. The number of alkyl carbamates (subject to hydrolysis) is 1. The van der Waals surface area contributed by atoms with Crippen molar-refractivity contribution in [1.29, 1.82) is 0 Å². The van der Waals surface area contributed by atoms with Gasteiger partial charge in [0.05, 0.1) is 7.11 Å². The first-order valence-electron chi connectivity index (χ1n) is 4.92. The zero-order chi connectivity index (χ0) is 12.7. The summed E-state index contributed by atoms with van der Waals surface area (Å²) in [6.45, 7) is 0.287. The van der Waals surface area contributed by atoms with Crippen LogP contribution in [-0.2, 0) is 17.7 Å². The normalized spacial score (nSPS) is 10.5. The summed E-state index contributed by atoms with van der Waals surface area (Å²) in [4.78, 5) is 10.9. The molecule has 92 valence electrons. The number of rotatable bonds is 4. The first-order chi connectivity index (χ1) is 8.17. The van der Waals surface area contributed by atoms with Gasteiger partial charge in [-0.25, -0.2) is 4.79 Å². The molecule has 0 unspecified atom stereocenters. The Labute approximate surface area is 104 Å². The topological polar surface area (TPSA) is 70.9 Å². The molecule has 0 aromatic heterocycles. The molecule has 0 bridgehead atoms. The third kappa shape index (κ3) is 4.32. The van der Waals surface area contributed by atoms with Crippen LogP contribution in [0.5, 0.6) is 0 Å². The summed E-state index contributed by atoms with van der Waals surface area (Å²) in [6, 6.07) is 5.39. The van der Waals surface area contributed by atoms with Gasteiger partial charge in [-0.1, -0.05) is 23.7 Å². The zero-order valence-corrected chi connectivity index (χ0v) is 10.1. The SMILES string of the molecule is COC(=O)NCc1cc(CC=NO)ccc1Cl. The fourth-order valence-electron chi connectivity index (χ4n) is 1.28. The number of amides is 1. The molecule has 0 fully saturated rings. The lowest BCUT2D eigenvalue weighted by atomic mass is 10.1. The van der Waals surface area contributed by atoms with Gasteiger partial charge in [-0.2, -0.15) is 0 Å². The summed E-state index contributed by atoms with van der Waals surface area (Å²) in [5.74, 6) is 0. The van der Waals surface area contributed by atoms with Crippen LogP contribution < -0.4 is 5.32 Å². The average molecular weight is 257 g/mol. The molecule has 2 N–H and O–H groups in total. The van der Waals surface area contributed by atoms with Crippen LogP contribution in [0.25, 0.3) is 0 Å². The van der Waals surface area contributed by atoms with E-state index in [0.29, 0.717) is 11.4 Å². The summed E-state index contributed by atoms with van der Waals surface area (Å²) < 4.78 is 4.46. The van der Waals surface area contributed by atoms with E-state index in [9.17, 15) is 4.79 Å². The highest BCUT2D eigenvalue weighted by Crippen LogP contribution is 2.17. The van der Waals surface area contributed by atoms with E-state index in [1.807, 2.05) is 12.1 Å². The number of hydrogen-bond acceptors (Lipinski definition) is 4. The van der Waals surface area contributed by atoms with Crippen molar-refractivity contribution >= 4 is 23.9 Å². The van der Waals surface area contributed by atoms with Crippen LogP contribution in [0.1, 0.15) is 11.1 Å². The average Bonchev–Trinajstić information content (AvgIpc) is 2.35. The van der Waals surface area contributed by atoms with Crippen molar-refractivity contribution in [3.63, 3.8) is 0 Å². The van der Waals surface area contributed by atoms with Crippen LogP contribution >= 0.6 is 11.6 Å². The molecular weight excluding hydrogens is 244 g/mol. The Morgan fingerprint density at radius 3 is 3.06 bits per heavy atom. The van der Waals surface area contributed by atoms with Crippen molar-refractivity contribution in [3.8, 4) is 0 Å². The Balaban J connectivity index is 2.72. The largest absolute Gasteiger partial charge is 0.453 e. The molecule has 5 nitrogen and oxygen atoms in total. The van der Waals surface area contributed by atoms with Gasteiger partial charge in [0.1, 0.15) is 0 Å². The van der Waals surface area contributed by atoms with Crippen molar-refractivity contribution in [1.82, 2.24) is 5.32 Å². The Hall–Kier alpha value is -1.75. The van der Waals surface area contributed by atoms with Gasteiger partial charge in [-0.3, -0.25) is 0 Å². The maximum Gasteiger partial charge on any atom is 0.407 e. The number of ether oxygens (including phenoxy) is 1. The van der Waals surface area contributed by atoms with Gasteiger partial charge >= 0.3 is 6.09 Å². The molecule has 0 atom stereocenters. The molecule has 6 heteroatoms. The maximum atomic E-state index is 10.9. The lowest BCUT2D eigenvalue weighted by Gasteiger charge is -2.07. The molecule has 0 saturated carbocycles. The van der Waals surface area contributed by atoms with E-state index in [-0.39, 0.29) is 6.54 Å². The number of nitrogens with zero attached hydrogens (tertiary/aromatic N) is 1. The molecule has 0 aliphatic rings. The molecule has 1 aromatic carbocycles. The van der Waals surface area contributed by atoms with Gasteiger partial charge in [0.25, 0.3) is 0 Å². The standard InChI is InChI=1S/C11H13ClN2O3/c1-17-11(15)13-7-9-6-8(4-5-14-16)2-3-10(9)12/h2-3,5-6,16H,4,7H2,1H3,(H,13,15). The van der Waals surface area contributed by atoms with E-state index < -0.39 is 6.09 Å². The smallest absolute Gasteiger partial charge is 0.407 e. The summed E-state index contributed by atoms with van der Waals surface area (Å²) in [7, 11) is 1.30. The minimum absolute atomic E-state index is 0.287. The fraction of sp³-hybridized carbons (Fsp3) is 0.273. The quantitative estimate of drug-likeness (QED) is 0.493. The molecule has 0 spiro atoms. The number of methoxy groups -OCH3 is 1. The number of benzene rings is 1. The van der Waals surface area contributed by atoms with Gasteiger partial charge < -0.3 is 15.3 Å². The Morgan fingerprint density at radius 2 is 2.41 bits per heavy atom. The van der Waals surface area contributed by atoms with Crippen molar-refractivity contribution in [2.75, 3.05) is 7.11 Å². The minimum Gasteiger partial charge on any atom is -0.453 e. The van der Waals surface area contributed by atoms with Crippen LogP contribution in [0.2, 0.25) is 5.02 Å². The molecule has 1 amide bonds. The first-order valence-corrected chi connectivity index (χ1v) is 5.30. The monoisotopic (exact) mass is 256 g/mol. The number of carbonyl (C=O) groups is 1. The first kappa shape index (κ1) is 13.3. The summed E-state index contributed by atoms with van der Waals surface area (Å²) in [5.41, 5.74) is 1.72. The van der Waals surface area contributed by atoms with Crippen LogP contribution in [0.4, 0.5) is 4.79 Å². The molecular formula is C11H13ClN2O3.